The summed E-state index contributed by atoms with van der Waals surface area (Å²) in [6, 6.07) is 4.87. The second-order valence-corrected chi connectivity index (χ2v) is 4.10. The van der Waals surface area contributed by atoms with Gasteiger partial charge in [-0.2, -0.15) is 0 Å². The molecule has 0 spiro atoms. The third kappa shape index (κ3) is 1.67. The van der Waals surface area contributed by atoms with Crippen LogP contribution in [0.4, 0.5) is 8.78 Å². The minimum Gasteiger partial charge on any atom is -0.497 e. The predicted molar refractivity (Wildman–Crippen MR) is 55.8 cm³/mol. The maximum atomic E-state index is 12.9. The van der Waals surface area contributed by atoms with Crippen molar-refractivity contribution >= 4 is 0 Å². The van der Waals surface area contributed by atoms with Crippen LogP contribution in [-0.2, 0) is 12.0 Å². The number of methoxy groups -OCH3 is 1. The molecule has 0 radical (unpaired) electrons. The van der Waals surface area contributed by atoms with E-state index in [1.54, 1.807) is 18.2 Å². The van der Waals surface area contributed by atoms with Crippen molar-refractivity contribution in [2.75, 3.05) is 7.11 Å². The molecule has 0 aliphatic heterocycles. The van der Waals surface area contributed by atoms with Gasteiger partial charge in [0.1, 0.15) is 5.75 Å². The molecular weight excluding hydrogens is 214 g/mol. The predicted octanol–water partition coefficient (Wildman–Crippen LogP) is 2.48. The minimum absolute atomic E-state index is 0.115. The first-order chi connectivity index (χ1) is 7.58. The molecule has 0 bridgehead atoms. The number of aryl methyl sites for hydroxylation is 1. The lowest BCUT2D eigenvalue weighted by Crippen LogP contribution is -2.37. The van der Waals surface area contributed by atoms with Crippen LogP contribution in [0.3, 0.4) is 0 Å². The van der Waals surface area contributed by atoms with E-state index in [4.69, 9.17) is 4.74 Å². The standard InChI is InChI=1S/C12H14F2O2/c1-16-9-4-5-10-8(7-9)3-2-6-12(10,15)11(13)14/h4-5,7,11,15H,2-3,6H2,1H3. The molecule has 0 fully saturated rings. The summed E-state index contributed by atoms with van der Waals surface area (Å²) in [7, 11) is 1.53. The number of aliphatic hydroxyl groups is 1. The summed E-state index contributed by atoms with van der Waals surface area (Å²) in [6.45, 7) is 0. The molecule has 1 aromatic carbocycles. The summed E-state index contributed by atoms with van der Waals surface area (Å²) in [6.07, 6.45) is -1.35. The van der Waals surface area contributed by atoms with Gasteiger partial charge >= 0.3 is 0 Å². The Morgan fingerprint density at radius 1 is 1.44 bits per heavy atom. The van der Waals surface area contributed by atoms with Gasteiger partial charge in [0.15, 0.2) is 5.60 Å². The quantitative estimate of drug-likeness (QED) is 0.842. The highest BCUT2D eigenvalue weighted by molar-refractivity contribution is 5.41. The van der Waals surface area contributed by atoms with Gasteiger partial charge in [0.25, 0.3) is 6.43 Å². The molecule has 0 heterocycles. The first-order valence-electron chi connectivity index (χ1n) is 5.26. The zero-order valence-electron chi connectivity index (χ0n) is 9.04. The Kier molecular flexibility index (Phi) is 2.84. The average molecular weight is 228 g/mol. The molecule has 2 rings (SSSR count). The summed E-state index contributed by atoms with van der Waals surface area (Å²) >= 11 is 0. The number of hydrogen-bond donors (Lipinski definition) is 1. The van der Waals surface area contributed by atoms with Gasteiger partial charge in [-0.1, -0.05) is 6.07 Å². The largest absolute Gasteiger partial charge is 0.497 e. The maximum Gasteiger partial charge on any atom is 0.270 e. The number of halogens is 2. The van der Waals surface area contributed by atoms with Crippen LogP contribution in [0.1, 0.15) is 24.0 Å². The zero-order valence-corrected chi connectivity index (χ0v) is 9.04. The van der Waals surface area contributed by atoms with Crippen LogP contribution in [0.15, 0.2) is 18.2 Å². The van der Waals surface area contributed by atoms with Crippen molar-refractivity contribution in [3.8, 4) is 5.75 Å². The number of benzene rings is 1. The number of alkyl halides is 2. The van der Waals surface area contributed by atoms with Crippen molar-refractivity contribution in [3.63, 3.8) is 0 Å². The fraction of sp³-hybridized carbons (Fsp3) is 0.500. The van der Waals surface area contributed by atoms with Crippen LogP contribution < -0.4 is 4.74 Å². The molecule has 1 aliphatic rings. The number of hydrogen-bond acceptors (Lipinski definition) is 2. The second kappa shape index (κ2) is 4.01. The van der Waals surface area contributed by atoms with E-state index in [1.165, 1.54) is 7.11 Å². The fourth-order valence-electron chi connectivity index (χ4n) is 2.24. The molecule has 1 atom stereocenters. The lowest BCUT2D eigenvalue weighted by Gasteiger charge is -2.33. The van der Waals surface area contributed by atoms with Crippen molar-refractivity contribution in [3.05, 3.63) is 29.3 Å². The van der Waals surface area contributed by atoms with Gasteiger partial charge in [-0.05, 0) is 42.5 Å². The summed E-state index contributed by atoms with van der Waals surface area (Å²) in [4.78, 5) is 0. The summed E-state index contributed by atoms with van der Waals surface area (Å²) < 4.78 is 30.8. The Morgan fingerprint density at radius 3 is 2.81 bits per heavy atom. The van der Waals surface area contributed by atoms with E-state index >= 15 is 0 Å². The van der Waals surface area contributed by atoms with Gasteiger partial charge in [0.2, 0.25) is 0 Å². The Balaban J connectivity index is 2.47. The third-order valence-corrected chi connectivity index (χ3v) is 3.14. The van der Waals surface area contributed by atoms with E-state index in [1.807, 2.05) is 0 Å². The molecule has 0 saturated heterocycles. The lowest BCUT2D eigenvalue weighted by atomic mass is 9.79. The van der Waals surface area contributed by atoms with Crippen LogP contribution in [0, 0.1) is 0 Å². The number of ether oxygens (including phenoxy) is 1. The highest BCUT2D eigenvalue weighted by Crippen LogP contribution is 2.40. The van der Waals surface area contributed by atoms with E-state index in [9.17, 15) is 13.9 Å². The van der Waals surface area contributed by atoms with Crippen LogP contribution in [0.5, 0.6) is 5.75 Å². The molecule has 0 aromatic heterocycles. The SMILES string of the molecule is COc1ccc2c(c1)CCCC2(O)C(F)F. The molecule has 4 heteroatoms. The second-order valence-electron chi connectivity index (χ2n) is 4.10. The number of rotatable bonds is 2. The van der Waals surface area contributed by atoms with Crippen LogP contribution >= 0.6 is 0 Å². The molecular formula is C12H14F2O2. The lowest BCUT2D eigenvalue weighted by molar-refractivity contribution is -0.112. The van der Waals surface area contributed by atoms with Gasteiger partial charge in [-0.25, -0.2) is 8.78 Å². The Labute approximate surface area is 92.9 Å². The highest BCUT2D eigenvalue weighted by Gasteiger charge is 2.42. The van der Waals surface area contributed by atoms with Crippen LogP contribution in [-0.4, -0.2) is 18.6 Å². The van der Waals surface area contributed by atoms with E-state index < -0.39 is 12.0 Å². The highest BCUT2D eigenvalue weighted by atomic mass is 19.3. The topological polar surface area (TPSA) is 29.5 Å². The Bertz CT molecular complexity index is 393. The van der Waals surface area contributed by atoms with Gasteiger partial charge in [-0.3, -0.25) is 0 Å². The first-order valence-corrected chi connectivity index (χ1v) is 5.26. The minimum atomic E-state index is -2.75. The smallest absolute Gasteiger partial charge is 0.270 e. The summed E-state index contributed by atoms with van der Waals surface area (Å²) in [5.41, 5.74) is -0.886. The van der Waals surface area contributed by atoms with Gasteiger partial charge in [0.05, 0.1) is 7.11 Å². The van der Waals surface area contributed by atoms with E-state index in [0.717, 1.165) is 5.56 Å². The van der Waals surface area contributed by atoms with Crippen molar-refractivity contribution in [2.45, 2.75) is 31.3 Å². The van der Waals surface area contributed by atoms with Gasteiger partial charge in [-0.15, -0.1) is 0 Å². The molecule has 1 N–H and O–H groups in total. The molecule has 1 aromatic rings. The van der Waals surface area contributed by atoms with Gasteiger partial charge < -0.3 is 9.84 Å². The zero-order chi connectivity index (χ0) is 11.8. The molecule has 0 saturated carbocycles. The first kappa shape index (κ1) is 11.3. The third-order valence-electron chi connectivity index (χ3n) is 3.14. The van der Waals surface area contributed by atoms with E-state index in [2.05, 4.69) is 0 Å². The molecule has 88 valence electrons. The van der Waals surface area contributed by atoms with Crippen molar-refractivity contribution in [2.24, 2.45) is 0 Å². The van der Waals surface area contributed by atoms with Crippen molar-refractivity contribution in [1.29, 1.82) is 0 Å². The van der Waals surface area contributed by atoms with Crippen molar-refractivity contribution in [1.82, 2.24) is 0 Å². The van der Waals surface area contributed by atoms with Gasteiger partial charge in [0, 0.05) is 0 Å². The Hall–Kier alpha value is -1.16. The maximum absolute atomic E-state index is 12.9. The molecule has 0 amide bonds. The Morgan fingerprint density at radius 2 is 2.19 bits per heavy atom. The molecule has 16 heavy (non-hydrogen) atoms. The number of fused-ring (bicyclic) bond motifs is 1. The average Bonchev–Trinajstić information content (AvgIpc) is 2.28. The normalized spacial score (nSPS) is 24.3. The molecule has 2 nitrogen and oxygen atoms in total. The monoisotopic (exact) mass is 228 g/mol. The fourth-order valence-corrected chi connectivity index (χ4v) is 2.24. The molecule has 1 aliphatic carbocycles. The van der Waals surface area contributed by atoms with Crippen LogP contribution in [0.25, 0.3) is 0 Å². The summed E-state index contributed by atoms with van der Waals surface area (Å²) in [5.74, 6) is 0.636. The van der Waals surface area contributed by atoms with E-state index in [-0.39, 0.29) is 6.42 Å². The van der Waals surface area contributed by atoms with Crippen molar-refractivity contribution < 1.29 is 18.6 Å². The summed E-state index contributed by atoms with van der Waals surface area (Å²) in [5, 5.41) is 9.97. The van der Waals surface area contributed by atoms with E-state index in [0.29, 0.717) is 24.2 Å². The molecule has 1 unspecified atom stereocenters. The van der Waals surface area contributed by atoms with Crippen LogP contribution in [0.2, 0.25) is 0 Å².